The molecule has 0 atom stereocenters. The maximum Gasteiger partial charge on any atom is 0.262 e. The van der Waals surface area contributed by atoms with E-state index in [1.165, 1.54) is 0 Å². The van der Waals surface area contributed by atoms with Crippen LogP contribution in [0.25, 0.3) is 0 Å². The summed E-state index contributed by atoms with van der Waals surface area (Å²) in [5, 5.41) is 2.32. The minimum absolute atomic E-state index is 0.368. The van der Waals surface area contributed by atoms with E-state index >= 15 is 0 Å². The number of rotatable bonds is 5. The fourth-order valence-corrected chi connectivity index (χ4v) is 3.17. The van der Waals surface area contributed by atoms with E-state index < -0.39 is 36.8 Å². The highest BCUT2D eigenvalue weighted by Crippen LogP contribution is 2.28. The summed E-state index contributed by atoms with van der Waals surface area (Å²) in [4.78, 5) is 11.7. The van der Waals surface area contributed by atoms with Crippen molar-refractivity contribution in [3.05, 3.63) is 28.5 Å². The first-order valence-corrected chi connectivity index (χ1v) is 8.99. The van der Waals surface area contributed by atoms with Crippen LogP contribution < -0.4 is 5.32 Å². The number of hydrogen-bond acceptors (Lipinski definition) is 3. The number of benzene rings is 1. The van der Waals surface area contributed by atoms with Crippen molar-refractivity contribution in [2.75, 3.05) is 0 Å². The molecule has 0 bridgehead atoms. The molecule has 0 unspecified atom stereocenters. The van der Waals surface area contributed by atoms with E-state index in [4.69, 9.17) is 22.3 Å². The van der Waals surface area contributed by atoms with Crippen molar-refractivity contribution in [2.24, 2.45) is 0 Å². The first-order valence-electron chi connectivity index (χ1n) is 6.30. The molecule has 4 nitrogen and oxygen atoms in total. The van der Waals surface area contributed by atoms with E-state index in [0.717, 1.165) is 12.1 Å². The minimum atomic E-state index is -4.17. The number of halogens is 3. The number of hydrogen-bond donors (Lipinski definition) is 1. The Balaban J connectivity index is 3.28. The molecule has 0 aliphatic rings. The zero-order chi connectivity index (χ0) is 16.4. The van der Waals surface area contributed by atoms with Crippen LogP contribution in [0.15, 0.2) is 17.0 Å². The van der Waals surface area contributed by atoms with Crippen LogP contribution in [-0.2, 0) is 9.05 Å². The molecule has 1 N–H and O–H groups in total. The van der Waals surface area contributed by atoms with E-state index in [1.807, 2.05) is 20.8 Å². The van der Waals surface area contributed by atoms with E-state index in [1.54, 1.807) is 0 Å². The number of nitrogens with one attached hydrogen (secondary N) is 1. The van der Waals surface area contributed by atoms with Gasteiger partial charge >= 0.3 is 0 Å². The van der Waals surface area contributed by atoms with Crippen molar-refractivity contribution in [1.82, 2.24) is 5.32 Å². The molecule has 0 radical (unpaired) electrons. The third kappa shape index (κ3) is 4.31. The quantitative estimate of drug-likeness (QED) is 0.818. The van der Waals surface area contributed by atoms with Crippen LogP contribution in [0.2, 0.25) is 5.02 Å². The highest BCUT2D eigenvalue weighted by Gasteiger charge is 2.26. The molecule has 0 saturated heterocycles. The molecule has 1 aromatic carbocycles. The van der Waals surface area contributed by atoms with Gasteiger partial charge in [0.15, 0.2) is 0 Å². The average molecular weight is 356 g/mol. The topological polar surface area (TPSA) is 63.2 Å². The number of carbonyl (C=O) groups excluding carboxylic acids is 1. The van der Waals surface area contributed by atoms with Crippen LogP contribution in [0, 0.1) is 5.82 Å². The summed E-state index contributed by atoms with van der Waals surface area (Å²) in [5.74, 6) is -1.62. The Labute approximate surface area is 133 Å². The van der Waals surface area contributed by atoms with E-state index in [0.29, 0.717) is 12.8 Å². The van der Waals surface area contributed by atoms with Gasteiger partial charge in [0.2, 0.25) is 0 Å². The Kier molecular flexibility index (Phi) is 5.63. The molecular weight excluding hydrogens is 340 g/mol. The van der Waals surface area contributed by atoms with E-state index in [2.05, 4.69) is 5.32 Å². The fourth-order valence-electron chi connectivity index (χ4n) is 1.66. The van der Waals surface area contributed by atoms with Crippen LogP contribution in [-0.4, -0.2) is 19.9 Å². The Bertz CT molecular complexity index is 658. The van der Waals surface area contributed by atoms with Gasteiger partial charge in [-0.05, 0) is 31.9 Å². The van der Waals surface area contributed by atoms with Crippen LogP contribution in [0.1, 0.15) is 44.0 Å². The second kappa shape index (κ2) is 6.50. The molecule has 0 saturated carbocycles. The van der Waals surface area contributed by atoms with Crippen molar-refractivity contribution < 1.29 is 17.6 Å². The fraction of sp³-hybridized carbons (Fsp3) is 0.462. The lowest BCUT2D eigenvalue weighted by atomic mass is 9.95. The van der Waals surface area contributed by atoms with Crippen LogP contribution in [0.4, 0.5) is 4.39 Å². The minimum Gasteiger partial charge on any atom is -0.347 e. The summed E-state index contributed by atoms with van der Waals surface area (Å²) in [6, 6.07) is 1.61. The summed E-state index contributed by atoms with van der Waals surface area (Å²) in [7, 11) is 1.05. The molecule has 0 aliphatic heterocycles. The normalized spacial score (nSPS) is 12.3. The molecule has 0 fully saturated rings. The molecule has 0 spiro atoms. The Hall–Kier alpha value is -0.850. The van der Waals surface area contributed by atoms with Gasteiger partial charge in [0.05, 0.1) is 10.6 Å². The zero-order valence-electron chi connectivity index (χ0n) is 11.8. The van der Waals surface area contributed by atoms with Crippen LogP contribution in [0.3, 0.4) is 0 Å². The molecular formula is C13H16Cl2FNO3S. The molecule has 0 aromatic heterocycles. The van der Waals surface area contributed by atoms with Gasteiger partial charge in [-0.15, -0.1) is 0 Å². The van der Waals surface area contributed by atoms with Crippen molar-refractivity contribution in [3.63, 3.8) is 0 Å². The number of amides is 1. The molecule has 1 aromatic rings. The van der Waals surface area contributed by atoms with E-state index in [9.17, 15) is 17.6 Å². The molecule has 118 valence electrons. The number of carbonyl (C=O) groups is 1. The van der Waals surface area contributed by atoms with Crippen molar-refractivity contribution >= 4 is 37.2 Å². The van der Waals surface area contributed by atoms with Crippen molar-refractivity contribution in [2.45, 2.75) is 44.0 Å². The molecule has 0 aliphatic carbocycles. The van der Waals surface area contributed by atoms with Crippen molar-refractivity contribution in [3.8, 4) is 0 Å². The van der Waals surface area contributed by atoms with Gasteiger partial charge in [0.25, 0.3) is 15.0 Å². The Morgan fingerprint density at radius 1 is 1.33 bits per heavy atom. The monoisotopic (exact) mass is 355 g/mol. The Morgan fingerprint density at radius 2 is 1.86 bits per heavy atom. The highest BCUT2D eigenvalue weighted by molar-refractivity contribution is 8.13. The largest absolute Gasteiger partial charge is 0.347 e. The highest BCUT2D eigenvalue weighted by atomic mass is 35.7. The maximum atomic E-state index is 13.9. The van der Waals surface area contributed by atoms with Gasteiger partial charge in [-0.25, -0.2) is 12.8 Å². The Morgan fingerprint density at radius 3 is 2.29 bits per heavy atom. The average Bonchev–Trinajstić information content (AvgIpc) is 2.36. The third-order valence-corrected chi connectivity index (χ3v) is 5.29. The first kappa shape index (κ1) is 18.2. The summed E-state index contributed by atoms with van der Waals surface area (Å²) in [5.41, 5.74) is -0.921. The van der Waals surface area contributed by atoms with Gasteiger partial charge in [0.1, 0.15) is 10.7 Å². The van der Waals surface area contributed by atoms with Gasteiger partial charge in [0, 0.05) is 16.2 Å². The third-order valence-electron chi connectivity index (χ3n) is 3.50. The summed E-state index contributed by atoms with van der Waals surface area (Å²) in [6.07, 6.45) is 1.29. The van der Waals surface area contributed by atoms with Crippen LogP contribution in [0.5, 0.6) is 0 Å². The molecule has 21 heavy (non-hydrogen) atoms. The second-order valence-corrected chi connectivity index (χ2v) is 7.86. The SMILES string of the molecule is CCC(C)(CC)NC(=O)c1cc(S(=O)(=O)Cl)c(Cl)cc1F. The van der Waals surface area contributed by atoms with E-state index in [-0.39, 0.29) is 5.02 Å². The predicted molar refractivity (Wildman–Crippen MR) is 80.9 cm³/mol. The molecule has 0 heterocycles. The van der Waals surface area contributed by atoms with Gasteiger partial charge in [-0.2, -0.15) is 0 Å². The summed E-state index contributed by atoms with van der Waals surface area (Å²) >= 11 is 5.64. The lowest BCUT2D eigenvalue weighted by molar-refractivity contribution is 0.0896. The molecule has 1 amide bonds. The molecule has 1 rings (SSSR count). The predicted octanol–water partition coefficient (Wildman–Crippen LogP) is 3.72. The lowest BCUT2D eigenvalue weighted by Gasteiger charge is -2.28. The zero-order valence-corrected chi connectivity index (χ0v) is 14.2. The van der Waals surface area contributed by atoms with Crippen LogP contribution >= 0.6 is 22.3 Å². The van der Waals surface area contributed by atoms with Gasteiger partial charge in [-0.1, -0.05) is 25.4 Å². The first-order chi connectivity index (χ1) is 9.54. The summed E-state index contributed by atoms with van der Waals surface area (Å²) < 4.78 is 36.6. The van der Waals surface area contributed by atoms with Gasteiger partial charge < -0.3 is 5.32 Å². The lowest BCUT2D eigenvalue weighted by Crippen LogP contribution is -2.45. The molecule has 8 heteroatoms. The van der Waals surface area contributed by atoms with Gasteiger partial charge in [-0.3, -0.25) is 4.79 Å². The summed E-state index contributed by atoms with van der Waals surface area (Å²) in [6.45, 7) is 5.59. The van der Waals surface area contributed by atoms with Crippen molar-refractivity contribution in [1.29, 1.82) is 0 Å². The standard InChI is InChI=1S/C13H16Cl2FNO3S/c1-4-13(3,5-2)17-12(18)8-6-11(21(15,19)20)9(14)7-10(8)16/h6-7H,4-5H2,1-3H3,(H,17,18). The maximum absolute atomic E-state index is 13.9. The second-order valence-electron chi connectivity index (χ2n) is 4.92. The smallest absolute Gasteiger partial charge is 0.262 e.